The molecule has 1 N–H and O–H groups in total. The van der Waals surface area contributed by atoms with Crippen molar-refractivity contribution >= 4 is 17.5 Å². The lowest BCUT2D eigenvalue weighted by Gasteiger charge is -2.32. The highest BCUT2D eigenvalue weighted by atomic mass is 16.5. The van der Waals surface area contributed by atoms with Crippen LogP contribution < -0.4 is 16.6 Å². The molecular formula is C25H22N4O4. The molecule has 1 aliphatic rings. The van der Waals surface area contributed by atoms with Crippen LogP contribution in [0.5, 0.6) is 0 Å². The van der Waals surface area contributed by atoms with Gasteiger partial charge in [0.25, 0.3) is 5.56 Å². The summed E-state index contributed by atoms with van der Waals surface area (Å²) in [5.41, 5.74) is 1.76. The normalized spacial score (nSPS) is 14.8. The van der Waals surface area contributed by atoms with Gasteiger partial charge in [0, 0.05) is 14.1 Å². The fourth-order valence-corrected chi connectivity index (χ4v) is 4.10. The monoisotopic (exact) mass is 442 g/mol. The predicted molar refractivity (Wildman–Crippen MR) is 124 cm³/mol. The molecule has 0 aliphatic carbocycles. The van der Waals surface area contributed by atoms with Crippen molar-refractivity contribution in [2.24, 2.45) is 14.1 Å². The summed E-state index contributed by atoms with van der Waals surface area (Å²) in [4.78, 5) is 39.3. The number of anilines is 1. The molecule has 0 saturated carbocycles. The molecule has 0 unspecified atom stereocenters. The van der Waals surface area contributed by atoms with E-state index < -0.39 is 23.1 Å². The Bertz CT molecular complexity index is 1420. The van der Waals surface area contributed by atoms with Crippen molar-refractivity contribution in [1.82, 2.24) is 9.13 Å². The lowest BCUT2D eigenvalue weighted by atomic mass is 9.80. The van der Waals surface area contributed by atoms with Crippen LogP contribution in [0, 0.1) is 11.3 Å². The van der Waals surface area contributed by atoms with E-state index in [0.717, 1.165) is 4.57 Å². The van der Waals surface area contributed by atoms with E-state index in [1.165, 1.54) is 11.6 Å². The zero-order chi connectivity index (χ0) is 23.7. The first kappa shape index (κ1) is 21.8. The van der Waals surface area contributed by atoms with E-state index in [4.69, 9.17) is 4.74 Å². The molecule has 0 saturated heterocycles. The molecule has 0 spiro atoms. The molecule has 0 radical (unpaired) electrons. The third kappa shape index (κ3) is 3.64. The molecule has 1 aliphatic heterocycles. The minimum atomic E-state index is -0.811. The first-order valence-electron chi connectivity index (χ1n) is 10.4. The van der Waals surface area contributed by atoms with Gasteiger partial charge in [-0.05, 0) is 30.2 Å². The van der Waals surface area contributed by atoms with Gasteiger partial charge in [-0.1, -0.05) is 42.5 Å². The number of fused-ring (bicyclic) bond motifs is 1. The molecular weight excluding hydrogens is 420 g/mol. The van der Waals surface area contributed by atoms with E-state index >= 15 is 0 Å². The Balaban J connectivity index is 2.12. The number of ether oxygens (including phenoxy) is 1. The summed E-state index contributed by atoms with van der Waals surface area (Å²) in [5, 5.41) is 12.4. The van der Waals surface area contributed by atoms with Gasteiger partial charge in [0.15, 0.2) is 0 Å². The van der Waals surface area contributed by atoms with Crippen LogP contribution in [0.3, 0.4) is 0 Å². The molecule has 1 atom stereocenters. The van der Waals surface area contributed by atoms with Gasteiger partial charge in [-0.15, -0.1) is 0 Å². The Morgan fingerprint density at radius 1 is 1.06 bits per heavy atom. The van der Waals surface area contributed by atoms with Crippen LogP contribution in [0.15, 0.2) is 69.8 Å². The molecule has 2 heterocycles. The van der Waals surface area contributed by atoms with Crippen LogP contribution in [-0.4, -0.2) is 21.7 Å². The van der Waals surface area contributed by atoms with Crippen molar-refractivity contribution in [3.8, 4) is 6.07 Å². The number of benzene rings is 2. The lowest BCUT2D eigenvalue weighted by Crippen LogP contribution is -2.43. The number of aromatic nitrogens is 2. The second kappa shape index (κ2) is 8.63. The van der Waals surface area contributed by atoms with Crippen molar-refractivity contribution in [1.29, 1.82) is 5.26 Å². The van der Waals surface area contributed by atoms with Crippen molar-refractivity contribution in [2.45, 2.75) is 12.8 Å². The molecule has 1 aromatic heterocycles. The van der Waals surface area contributed by atoms with Gasteiger partial charge in [0.05, 0.1) is 41.0 Å². The SMILES string of the molecule is CCOC(=O)C1=C(c2ccccc2)Nc2c(c(=O)n(C)c(=O)n2C)[C@@H]1c1ccc(C#N)cc1. The third-order valence-electron chi connectivity index (χ3n) is 5.72. The smallest absolute Gasteiger partial charge is 0.337 e. The summed E-state index contributed by atoms with van der Waals surface area (Å²) in [6.45, 7) is 1.87. The topological polar surface area (TPSA) is 106 Å². The number of nitrogens with one attached hydrogen (secondary N) is 1. The van der Waals surface area contributed by atoms with Gasteiger partial charge in [0.1, 0.15) is 5.82 Å². The number of nitrogens with zero attached hydrogens (tertiary/aromatic N) is 3. The standard InChI is InChI=1S/C25H22N4O4/c1-4-33-24(31)19-18(16-12-10-15(14-26)11-13-16)20-22(28(2)25(32)29(3)23(20)30)27-21(19)17-8-6-5-7-9-17/h5-13,18,27H,4H2,1-3H3/t18-/m1/s1. The second-order valence-electron chi connectivity index (χ2n) is 7.64. The molecule has 3 aromatic rings. The number of esters is 1. The molecule has 33 heavy (non-hydrogen) atoms. The molecule has 8 nitrogen and oxygen atoms in total. The molecule has 166 valence electrons. The largest absolute Gasteiger partial charge is 0.463 e. The van der Waals surface area contributed by atoms with Crippen molar-refractivity contribution in [3.05, 3.63) is 103 Å². The van der Waals surface area contributed by atoms with E-state index in [0.29, 0.717) is 28.2 Å². The second-order valence-corrected chi connectivity index (χ2v) is 7.64. The highest BCUT2D eigenvalue weighted by Crippen LogP contribution is 2.42. The lowest BCUT2D eigenvalue weighted by molar-refractivity contribution is -0.138. The van der Waals surface area contributed by atoms with Crippen LogP contribution in [0.25, 0.3) is 5.70 Å². The van der Waals surface area contributed by atoms with E-state index in [-0.39, 0.29) is 17.7 Å². The Hall–Kier alpha value is -4.38. The first-order chi connectivity index (χ1) is 15.9. The summed E-state index contributed by atoms with van der Waals surface area (Å²) in [6, 6.07) is 18.0. The fourth-order valence-electron chi connectivity index (χ4n) is 4.10. The summed E-state index contributed by atoms with van der Waals surface area (Å²) in [5.74, 6) is -1.07. The number of nitriles is 1. The zero-order valence-corrected chi connectivity index (χ0v) is 18.5. The molecule has 0 amide bonds. The Morgan fingerprint density at radius 2 is 1.73 bits per heavy atom. The molecule has 2 aromatic carbocycles. The fraction of sp³-hybridized carbons (Fsp3) is 0.200. The minimum Gasteiger partial charge on any atom is -0.463 e. The van der Waals surface area contributed by atoms with Crippen LogP contribution in [-0.2, 0) is 23.6 Å². The number of hydrogen-bond acceptors (Lipinski definition) is 6. The molecule has 8 heteroatoms. The third-order valence-corrected chi connectivity index (χ3v) is 5.72. The van der Waals surface area contributed by atoms with E-state index in [1.807, 2.05) is 30.3 Å². The quantitative estimate of drug-likeness (QED) is 0.623. The Kier molecular flexibility index (Phi) is 5.71. The highest BCUT2D eigenvalue weighted by molar-refractivity contribution is 6.04. The maximum atomic E-state index is 13.3. The maximum absolute atomic E-state index is 13.3. The van der Waals surface area contributed by atoms with Crippen LogP contribution >= 0.6 is 0 Å². The Labute approximate surface area is 190 Å². The van der Waals surface area contributed by atoms with Gasteiger partial charge in [-0.3, -0.25) is 13.9 Å². The van der Waals surface area contributed by atoms with Gasteiger partial charge < -0.3 is 10.1 Å². The van der Waals surface area contributed by atoms with Crippen LogP contribution in [0.2, 0.25) is 0 Å². The summed E-state index contributed by atoms with van der Waals surface area (Å²) >= 11 is 0. The average molecular weight is 442 g/mol. The van der Waals surface area contributed by atoms with Gasteiger partial charge >= 0.3 is 11.7 Å². The molecule has 4 rings (SSSR count). The minimum absolute atomic E-state index is 0.155. The van der Waals surface area contributed by atoms with Crippen molar-refractivity contribution in [3.63, 3.8) is 0 Å². The summed E-state index contributed by atoms with van der Waals surface area (Å²) < 4.78 is 7.78. The average Bonchev–Trinajstić information content (AvgIpc) is 2.85. The highest BCUT2D eigenvalue weighted by Gasteiger charge is 2.38. The first-order valence-corrected chi connectivity index (χ1v) is 10.4. The van der Waals surface area contributed by atoms with Crippen molar-refractivity contribution < 1.29 is 9.53 Å². The number of rotatable bonds is 4. The van der Waals surface area contributed by atoms with Gasteiger partial charge in [-0.25, -0.2) is 9.59 Å². The number of carbonyl (C=O) groups excluding carboxylic acids is 1. The zero-order valence-electron chi connectivity index (χ0n) is 18.5. The van der Waals surface area contributed by atoms with E-state index in [1.54, 1.807) is 38.2 Å². The van der Waals surface area contributed by atoms with E-state index in [9.17, 15) is 19.6 Å². The molecule has 0 bridgehead atoms. The predicted octanol–water partition coefficient (Wildman–Crippen LogP) is 2.49. The van der Waals surface area contributed by atoms with Gasteiger partial charge in [0.2, 0.25) is 0 Å². The summed E-state index contributed by atoms with van der Waals surface area (Å²) in [7, 11) is 2.97. The van der Waals surface area contributed by atoms with Gasteiger partial charge in [-0.2, -0.15) is 5.26 Å². The van der Waals surface area contributed by atoms with E-state index in [2.05, 4.69) is 11.4 Å². The maximum Gasteiger partial charge on any atom is 0.337 e. The van der Waals surface area contributed by atoms with Crippen LogP contribution in [0.4, 0.5) is 5.82 Å². The number of hydrogen-bond donors (Lipinski definition) is 1. The van der Waals surface area contributed by atoms with Crippen LogP contribution in [0.1, 0.15) is 35.1 Å². The Morgan fingerprint density at radius 3 is 2.33 bits per heavy atom. The van der Waals surface area contributed by atoms with Crippen molar-refractivity contribution in [2.75, 3.05) is 11.9 Å². The summed E-state index contributed by atoms with van der Waals surface area (Å²) in [6.07, 6.45) is 0. The molecule has 0 fully saturated rings. The number of carbonyl (C=O) groups is 1.